The molecule has 0 amide bonds. The number of carbonyl (C=O) groups is 2. The highest BCUT2D eigenvalue weighted by atomic mass is 31.2. The number of fused-ring (bicyclic) bond motifs is 1. The third kappa shape index (κ3) is 9.77. The number of phosphoric ester groups is 1. The number of esters is 1. The first kappa shape index (κ1) is 42.7. The first-order valence-corrected chi connectivity index (χ1v) is 23.6. The molecule has 0 radical (unpaired) electrons. The van der Waals surface area contributed by atoms with Crippen molar-refractivity contribution in [1.29, 1.82) is 0 Å². The molecule has 12 nitrogen and oxygen atoms in total. The first-order chi connectivity index (χ1) is 24.4. The van der Waals surface area contributed by atoms with Crippen molar-refractivity contribution in [2.75, 3.05) is 0 Å². The zero-order valence-electron chi connectivity index (χ0n) is 31.8. The van der Waals surface area contributed by atoms with E-state index < -0.39 is 67.5 Å². The van der Waals surface area contributed by atoms with Crippen LogP contribution < -0.4 is 0 Å². The molecule has 290 valence electrons. The van der Waals surface area contributed by atoms with Gasteiger partial charge in [-0.25, -0.2) is 4.57 Å². The van der Waals surface area contributed by atoms with Gasteiger partial charge in [0, 0.05) is 6.42 Å². The highest BCUT2D eigenvalue weighted by molar-refractivity contribution is 7.48. The Labute approximate surface area is 310 Å². The summed E-state index contributed by atoms with van der Waals surface area (Å²) in [5.74, 6) is -1.05. The van der Waals surface area contributed by atoms with Gasteiger partial charge in [0.05, 0.1) is 19.6 Å². The lowest BCUT2D eigenvalue weighted by Gasteiger charge is -2.48. The maximum Gasteiger partial charge on any atom is 0.475 e. The van der Waals surface area contributed by atoms with Crippen LogP contribution in [0.4, 0.5) is 0 Å². The topological polar surface area (TPSA) is 156 Å². The van der Waals surface area contributed by atoms with E-state index in [1.165, 1.54) is 6.92 Å². The molecule has 52 heavy (non-hydrogen) atoms. The molecule has 6 atom stereocenters. The summed E-state index contributed by atoms with van der Waals surface area (Å²) in [5, 5.41) is 23.6. The molecule has 2 aliphatic rings. The fraction of sp³-hybridized carbons (Fsp3) is 0.622. The lowest BCUT2D eigenvalue weighted by atomic mass is 9.85. The molecule has 0 bridgehead atoms. The average Bonchev–Trinajstić information content (AvgIpc) is 3.28. The minimum absolute atomic E-state index is 0.0955. The van der Waals surface area contributed by atoms with E-state index in [0.717, 1.165) is 0 Å². The van der Waals surface area contributed by atoms with Gasteiger partial charge in [0.15, 0.2) is 6.10 Å². The smallest absolute Gasteiger partial charge is 0.457 e. The predicted octanol–water partition coefficient (Wildman–Crippen LogP) is 7.25. The molecule has 0 spiro atoms. The van der Waals surface area contributed by atoms with Crippen molar-refractivity contribution in [3.63, 3.8) is 0 Å². The molecule has 0 aromatic heterocycles. The molecule has 1 heterocycles. The summed E-state index contributed by atoms with van der Waals surface area (Å²) in [4.78, 5) is 25.0. The van der Waals surface area contributed by atoms with E-state index in [4.69, 9.17) is 31.3 Å². The Bertz CT molecular complexity index is 1450. The van der Waals surface area contributed by atoms with E-state index in [9.17, 15) is 24.4 Å². The van der Waals surface area contributed by atoms with Gasteiger partial charge < -0.3 is 32.7 Å². The molecule has 0 unspecified atom stereocenters. The number of Topliss-reactive ketones (excluding diaryl/α,β-unsaturated/α-hetero) is 1. The quantitative estimate of drug-likeness (QED) is 0.100. The van der Waals surface area contributed by atoms with Crippen LogP contribution in [0, 0.1) is 0 Å². The fourth-order valence-electron chi connectivity index (χ4n) is 6.94. The lowest BCUT2D eigenvalue weighted by Crippen LogP contribution is -2.68. The van der Waals surface area contributed by atoms with Gasteiger partial charge in [-0.05, 0) is 40.2 Å². The summed E-state index contributed by atoms with van der Waals surface area (Å²) in [5.41, 5.74) is 0.930. The number of hydrogen-bond donors (Lipinski definition) is 2. The average molecular weight is 781 g/mol. The van der Waals surface area contributed by atoms with E-state index in [2.05, 4.69) is 0 Å². The van der Waals surface area contributed by atoms with Crippen LogP contribution in [0.25, 0.3) is 0 Å². The number of ketones is 1. The molecule has 1 aliphatic heterocycles. The standard InChI is InChI=1S/C37H57O12PSi2/c1-24(2)51(25(3)4)47-35-33(41)32(40)34(45-31(39)21-20-28(9)38)36(37(35)48-52(49-51,26(5)6)27(7)8)46-50(42,43-22-29-16-12-10-13-17-29)44-23-30-18-14-11-15-19-30/h10-19,24-27,32-37,40-41H,20-23H2,1-9H3/t32-,33+,34+,35+,36-,37-/m1/s1. The second kappa shape index (κ2) is 18.0. The van der Waals surface area contributed by atoms with E-state index in [1.54, 1.807) is 24.3 Å². The van der Waals surface area contributed by atoms with Gasteiger partial charge in [-0.3, -0.25) is 18.4 Å². The number of rotatable bonds is 16. The predicted molar refractivity (Wildman–Crippen MR) is 199 cm³/mol. The van der Waals surface area contributed by atoms with Gasteiger partial charge >= 0.3 is 30.9 Å². The number of ether oxygens (including phenoxy) is 1. The third-order valence-electron chi connectivity index (χ3n) is 9.84. The monoisotopic (exact) mass is 780 g/mol. The van der Waals surface area contributed by atoms with Crippen LogP contribution in [0.2, 0.25) is 22.2 Å². The molecular weight excluding hydrogens is 724 g/mol. The molecule has 1 saturated heterocycles. The zero-order valence-corrected chi connectivity index (χ0v) is 34.7. The molecular formula is C37H57O12PSi2. The summed E-state index contributed by atoms with van der Waals surface area (Å²) in [6, 6.07) is 18.1. The summed E-state index contributed by atoms with van der Waals surface area (Å²) < 4.78 is 60.5. The first-order valence-electron chi connectivity index (χ1n) is 18.2. The van der Waals surface area contributed by atoms with Crippen LogP contribution in [-0.4, -0.2) is 75.7 Å². The van der Waals surface area contributed by atoms with Crippen molar-refractivity contribution < 1.29 is 55.6 Å². The third-order valence-corrected chi connectivity index (χ3v) is 21.5. The zero-order chi connectivity index (χ0) is 38.4. The highest BCUT2D eigenvalue weighted by Crippen LogP contribution is 2.56. The highest BCUT2D eigenvalue weighted by Gasteiger charge is 2.67. The van der Waals surface area contributed by atoms with Gasteiger partial charge in [-0.2, -0.15) is 0 Å². The second-order valence-electron chi connectivity index (χ2n) is 15.0. The van der Waals surface area contributed by atoms with E-state index in [-0.39, 0.29) is 54.0 Å². The van der Waals surface area contributed by atoms with Gasteiger partial charge in [0.25, 0.3) is 0 Å². The van der Waals surface area contributed by atoms with E-state index in [1.807, 2.05) is 91.8 Å². The molecule has 2 fully saturated rings. The molecule has 1 saturated carbocycles. The van der Waals surface area contributed by atoms with Gasteiger partial charge in [0.2, 0.25) is 0 Å². The van der Waals surface area contributed by atoms with Crippen LogP contribution in [0.5, 0.6) is 0 Å². The van der Waals surface area contributed by atoms with Gasteiger partial charge in [-0.15, -0.1) is 0 Å². The summed E-state index contributed by atoms with van der Waals surface area (Å²) in [7, 11) is -11.2. The Morgan fingerprint density at radius 1 is 0.692 bits per heavy atom. The number of phosphoric acid groups is 1. The van der Waals surface area contributed by atoms with E-state index in [0.29, 0.717) is 11.1 Å². The van der Waals surface area contributed by atoms with E-state index >= 15 is 0 Å². The number of benzene rings is 2. The molecule has 15 heteroatoms. The van der Waals surface area contributed by atoms with Crippen molar-refractivity contribution in [2.24, 2.45) is 0 Å². The van der Waals surface area contributed by atoms with Crippen LogP contribution in [0.15, 0.2) is 60.7 Å². The molecule has 4 rings (SSSR count). The molecule has 2 N–H and O–H groups in total. The van der Waals surface area contributed by atoms with Gasteiger partial charge in [0.1, 0.15) is 36.3 Å². The second-order valence-corrected chi connectivity index (χ2v) is 25.4. The minimum atomic E-state index is -4.60. The Hall–Kier alpha value is -2.08. The maximum atomic E-state index is 14.9. The molecule has 2 aromatic rings. The van der Waals surface area contributed by atoms with Crippen molar-refractivity contribution >= 4 is 36.7 Å². The largest absolute Gasteiger partial charge is 0.475 e. The van der Waals surface area contributed by atoms with Crippen molar-refractivity contribution in [3.8, 4) is 0 Å². The Morgan fingerprint density at radius 3 is 1.56 bits per heavy atom. The van der Waals surface area contributed by atoms with Crippen molar-refractivity contribution in [3.05, 3.63) is 71.8 Å². The van der Waals surface area contributed by atoms with Crippen LogP contribution >= 0.6 is 7.82 Å². The number of hydrogen-bond acceptors (Lipinski definition) is 12. The summed E-state index contributed by atoms with van der Waals surface area (Å²) in [6.07, 6.45) is -9.40. The van der Waals surface area contributed by atoms with Crippen LogP contribution in [-0.2, 0) is 58.6 Å². The summed E-state index contributed by atoms with van der Waals surface area (Å²) in [6.45, 7) is 17.2. The lowest BCUT2D eigenvalue weighted by molar-refractivity contribution is -0.224. The number of aliphatic hydroxyl groups excluding tert-OH is 2. The Morgan fingerprint density at radius 2 is 1.13 bits per heavy atom. The molecule has 1 aliphatic carbocycles. The fourth-order valence-corrected chi connectivity index (χ4v) is 19.6. The van der Waals surface area contributed by atoms with Gasteiger partial charge in [-0.1, -0.05) is 116 Å². The minimum Gasteiger partial charge on any atom is -0.457 e. The summed E-state index contributed by atoms with van der Waals surface area (Å²) >= 11 is 0. The van der Waals surface area contributed by atoms with Crippen molar-refractivity contribution in [2.45, 2.75) is 147 Å². The Kier molecular flexibility index (Phi) is 14.8. The molecule has 2 aromatic carbocycles. The number of aliphatic hydroxyl groups is 2. The van der Waals surface area contributed by atoms with Crippen LogP contribution in [0.1, 0.15) is 86.3 Å². The van der Waals surface area contributed by atoms with Crippen molar-refractivity contribution in [1.82, 2.24) is 0 Å². The Balaban J connectivity index is 1.87. The normalized spacial score (nSPS) is 26.0. The maximum absolute atomic E-state index is 14.9. The number of carbonyl (C=O) groups excluding carboxylic acids is 2. The SMILES string of the molecule is CC(=O)CCC(=O)O[C@H]1[C@H](O)[C@H](O)[C@@H]2O[Si](C(C)C)(C(C)C)O[Si](C(C)C)(C(C)C)O[C@H]2[C@@H]1OP(=O)(OCc1ccccc1)OCc1ccccc1. The van der Waals surface area contributed by atoms with Crippen LogP contribution in [0.3, 0.4) is 0 Å².